The highest BCUT2D eigenvalue weighted by Gasteiger charge is 2.06. The summed E-state index contributed by atoms with van der Waals surface area (Å²) < 4.78 is 0. The maximum absolute atomic E-state index is 10.6. The molecule has 0 fully saturated rings. The van der Waals surface area contributed by atoms with Crippen molar-refractivity contribution in [3.8, 4) is 11.8 Å². The third-order valence-electron chi connectivity index (χ3n) is 1.89. The van der Waals surface area contributed by atoms with E-state index in [0.29, 0.717) is 5.56 Å². The molecule has 0 atom stereocenters. The number of nitro benzene ring substituents is 1. The van der Waals surface area contributed by atoms with Gasteiger partial charge < -0.3 is 11.1 Å². The second-order valence-electron chi connectivity index (χ2n) is 3.24. The summed E-state index contributed by atoms with van der Waals surface area (Å²) in [6.45, 7) is 1.60. The first kappa shape index (κ1) is 12.5. The Morgan fingerprint density at radius 3 is 2.82 bits per heavy atom. The van der Waals surface area contributed by atoms with E-state index in [4.69, 9.17) is 5.73 Å². The molecule has 1 rings (SSSR count). The Bertz CT molecular complexity index is 514. The molecule has 0 unspecified atom stereocenters. The highest BCUT2D eigenvalue weighted by atomic mass is 16.6. The van der Waals surface area contributed by atoms with Crippen LogP contribution in [0.25, 0.3) is 0 Å². The van der Waals surface area contributed by atoms with Crippen LogP contribution in [-0.2, 0) is 4.79 Å². The third-order valence-corrected chi connectivity index (χ3v) is 1.89. The van der Waals surface area contributed by atoms with Gasteiger partial charge in [-0.15, -0.1) is 0 Å². The van der Waals surface area contributed by atoms with Crippen LogP contribution in [0.15, 0.2) is 18.2 Å². The minimum absolute atomic E-state index is 0.0742. The zero-order valence-corrected chi connectivity index (χ0v) is 9.19. The fraction of sp³-hybridized carbons (Fsp3) is 0.182. The summed E-state index contributed by atoms with van der Waals surface area (Å²) >= 11 is 0. The van der Waals surface area contributed by atoms with E-state index in [1.54, 1.807) is 0 Å². The fourth-order valence-corrected chi connectivity index (χ4v) is 1.09. The SMILES string of the molecule is CC(=O)NCC#Cc1ccc([N+](=O)[O-])cc1N. The number of hydrogen-bond donors (Lipinski definition) is 2. The fourth-order valence-electron chi connectivity index (χ4n) is 1.09. The highest BCUT2D eigenvalue weighted by molar-refractivity contribution is 5.73. The van der Waals surface area contributed by atoms with Gasteiger partial charge in [-0.1, -0.05) is 11.8 Å². The van der Waals surface area contributed by atoms with E-state index in [9.17, 15) is 14.9 Å². The first-order valence-corrected chi connectivity index (χ1v) is 4.78. The summed E-state index contributed by atoms with van der Waals surface area (Å²) in [5.74, 6) is 5.24. The van der Waals surface area contributed by atoms with E-state index in [2.05, 4.69) is 17.2 Å². The number of hydrogen-bond acceptors (Lipinski definition) is 4. The van der Waals surface area contributed by atoms with Gasteiger partial charge in [-0.25, -0.2) is 0 Å². The molecule has 0 aliphatic carbocycles. The number of amides is 1. The molecule has 0 saturated carbocycles. The molecule has 0 saturated heterocycles. The third kappa shape index (κ3) is 3.83. The van der Waals surface area contributed by atoms with Crippen molar-refractivity contribution in [2.24, 2.45) is 0 Å². The molecule has 0 heterocycles. The highest BCUT2D eigenvalue weighted by Crippen LogP contribution is 2.18. The Hall–Kier alpha value is -2.55. The van der Waals surface area contributed by atoms with E-state index in [-0.39, 0.29) is 23.8 Å². The number of benzene rings is 1. The van der Waals surface area contributed by atoms with Gasteiger partial charge in [0.2, 0.25) is 5.91 Å². The molecule has 0 spiro atoms. The number of carbonyl (C=O) groups excluding carboxylic acids is 1. The molecular formula is C11H11N3O3. The quantitative estimate of drug-likeness (QED) is 0.339. The van der Waals surface area contributed by atoms with Crippen LogP contribution in [0.5, 0.6) is 0 Å². The number of nitrogens with one attached hydrogen (secondary N) is 1. The van der Waals surface area contributed by atoms with Crippen molar-refractivity contribution in [2.75, 3.05) is 12.3 Å². The van der Waals surface area contributed by atoms with Gasteiger partial charge in [0, 0.05) is 24.6 Å². The molecule has 17 heavy (non-hydrogen) atoms. The Labute approximate surface area is 98.0 Å². The van der Waals surface area contributed by atoms with Crippen LogP contribution in [0.3, 0.4) is 0 Å². The van der Waals surface area contributed by atoms with Gasteiger partial charge in [-0.2, -0.15) is 0 Å². The number of anilines is 1. The first-order chi connectivity index (χ1) is 8.00. The van der Waals surface area contributed by atoms with Crippen molar-refractivity contribution in [3.63, 3.8) is 0 Å². The maximum Gasteiger partial charge on any atom is 0.271 e. The molecule has 6 heteroatoms. The number of nitrogens with two attached hydrogens (primary N) is 1. The Morgan fingerprint density at radius 1 is 1.59 bits per heavy atom. The van der Waals surface area contributed by atoms with Gasteiger partial charge in [-0.3, -0.25) is 14.9 Å². The molecular weight excluding hydrogens is 222 g/mol. The van der Waals surface area contributed by atoms with Crippen molar-refractivity contribution in [1.29, 1.82) is 0 Å². The molecule has 0 aliphatic heterocycles. The predicted octanol–water partition coefficient (Wildman–Crippen LogP) is 0.665. The van der Waals surface area contributed by atoms with Gasteiger partial charge in [0.25, 0.3) is 5.69 Å². The molecule has 0 aliphatic rings. The summed E-state index contributed by atoms with van der Waals surface area (Å²) in [5.41, 5.74) is 6.28. The monoisotopic (exact) mass is 233 g/mol. The van der Waals surface area contributed by atoms with Gasteiger partial charge in [0.05, 0.1) is 17.2 Å². The maximum atomic E-state index is 10.6. The number of nitrogens with zero attached hydrogens (tertiary/aromatic N) is 1. The molecule has 0 bridgehead atoms. The van der Waals surface area contributed by atoms with Gasteiger partial charge in [0.15, 0.2) is 0 Å². The average molecular weight is 233 g/mol. The molecule has 1 aromatic carbocycles. The van der Waals surface area contributed by atoms with Crippen LogP contribution in [0.2, 0.25) is 0 Å². The smallest absolute Gasteiger partial charge is 0.271 e. The topological polar surface area (TPSA) is 98.3 Å². The lowest BCUT2D eigenvalue weighted by Crippen LogP contribution is -2.19. The van der Waals surface area contributed by atoms with Crippen LogP contribution in [-0.4, -0.2) is 17.4 Å². The normalized spacial score (nSPS) is 9.00. The summed E-state index contributed by atoms with van der Waals surface area (Å²) in [6, 6.07) is 4.06. The van der Waals surface area contributed by atoms with Gasteiger partial charge >= 0.3 is 0 Å². The first-order valence-electron chi connectivity index (χ1n) is 4.78. The van der Waals surface area contributed by atoms with Crippen molar-refractivity contribution < 1.29 is 9.72 Å². The summed E-state index contributed by atoms with van der Waals surface area (Å²) in [6.07, 6.45) is 0. The Morgan fingerprint density at radius 2 is 2.29 bits per heavy atom. The number of nitro groups is 1. The van der Waals surface area contributed by atoms with Crippen LogP contribution in [0, 0.1) is 22.0 Å². The largest absolute Gasteiger partial charge is 0.398 e. The summed E-state index contributed by atoms with van der Waals surface area (Å²) in [4.78, 5) is 20.5. The van der Waals surface area contributed by atoms with Crippen molar-refractivity contribution >= 4 is 17.3 Å². The van der Waals surface area contributed by atoms with Crippen molar-refractivity contribution in [3.05, 3.63) is 33.9 Å². The van der Waals surface area contributed by atoms with Gasteiger partial charge in [0.1, 0.15) is 0 Å². The number of rotatable bonds is 2. The summed E-state index contributed by atoms with van der Waals surface area (Å²) in [7, 11) is 0. The number of nitrogen functional groups attached to an aromatic ring is 1. The standard InChI is InChI=1S/C11H11N3O3/c1-8(15)13-6-2-3-9-4-5-10(14(16)17)7-11(9)12/h4-5,7H,6,12H2,1H3,(H,13,15). The average Bonchev–Trinajstić information content (AvgIpc) is 2.25. The number of non-ortho nitro benzene ring substituents is 1. The lowest BCUT2D eigenvalue weighted by molar-refractivity contribution is -0.384. The van der Waals surface area contributed by atoms with E-state index >= 15 is 0 Å². The predicted molar refractivity (Wildman–Crippen MR) is 63.1 cm³/mol. The second-order valence-corrected chi connectivity index (χ2v) is 3.24. The van der Waals surface area contributed by atoms with Crippen LogP contribution in [0.4, 0.5) is 11.4 Å². The second kappa shape index (κ2) is 5.51. The molecule has 0 radical (unpaired) electrons. The van der Waals surface area contributed by atoms with Crippen molar-refractivity contribution in [1.82, 2.24) is 5.32 Å². The zero-order valence-electron chi connectivity index (χ0n) is 9.19. The number of carbonyl (C=O) groups is 1. The molecule has 6 nitrogen and oxygen atoms in total. The molecule has 1 amide bonds. The van der Waals surface area contributed by atoms with E-state index in [1.807, 2.05) is 0 Å². The summed E-state index contributed by atoms with van der Waals surface area (Å²) in [5, 5.41) is 13.0. The van der Waals surface area contributed by atoms with Crippen molar-refractivity contribution in [2.45, 2.75) is 6.92 Å². The Kier molecular flexibility index (Phi) is 4.06. The lowest BCUT2D eigenvalue weighted by Gasteiger charge is -1.97. The zero-order chi connectivity index (χ0) is 12.8. The molecule has 88 valence electrons. The lowest BCUT2D eigenvalue weighted by atomic mass is 10.1. The van der Waals surface area contributed by atoms with E-state index in [0.717, 1.165) is 0 Å². The van der Waals surface area contributed by atoms with E-state index in [1.165, 1.54) is 25.1 Å². The Balaban J connectivity index is 2.79. The molecule has 0 aromatic heterocycles. The minimum atomic E-state index is -0.523. The minimum Gasteiger partial charge on any atom is -0.398 e. The van der Waals surface area contributed by atoms with Crippen LogP contribution in [0.1, 0.15) is 12.5 Å². The van der Waals surface area contributed by atoms with Crippen LogP contribution < -0.4 is 11.1 Å². The molecule has 1 aromatic rings. The van der Waals surface area contributed by atoms with Gasteiger partial charge in [-0.05, 0) is 6.07 Å². The van der Waals surface area contributed by atoms with E-state index < -0.39 is 4.92 Å². The van der Waals surface area contributed by atoms with Crippen LogP contribution >= 0.6 is 0 Å². The molecule has 3 N–H and O–H groups in total.